The van der Waals surface area contributed by atoms with Gasteiger partial charge < -0.3 is 5.11 Å². The SMILES string of the molecule is CC(C)(C)C#C/C=C/CSc1c(Br)cccc1C(=O)C(=O)O. The summed E-state index contributed by atoms with van der Waals surface area (Å²) in [7, 11) is 0. The predicted octanol–water partition coefficient (Wildman–Crippen LogP) is 4.41. The fraction of sp³-hybridized carbons (Fsp3) is 0.294. The van der Waals surface area contributed by atoms with Crippen molar-refractivity contribution >= 4 is 39.4 Å². The number of carbonyl (C=O) groups excluding carboxylic acids is 1. The molecule has 0 aromatic heterocycles. The van der Waals surface area contributed by atoms with Crippen LogP contribution in [0, 0.1) is 17.3 Å². The van der Waals surface area contributed by atoms with Crippen LogP contribution in [0.3, 0.4) is 0 Å². The molecule has 0 atom stereocenters. The highest BCUT2D eigenvalue weighted by Gasteiger charge is 2.19. The summed E-state index contributed by atoms with van der Waals surface area (Å²) in [5, 5.41) is 8.86. The van der Waals surface area contributed by atoms with Crippen molar-refractivity contribution in [2.45, 2.75) is 25.7 Å². The number of ketones is 1. The van der Waals surface area contributed by atoms with Crippen LogP contribution in [0.15, 0.2) is 39.7 Å². The van der Waals surface area contributed by atoms with Gasteiger partial charge in [0, 0.05) is 26.1 Å². The first-order valence-electron chi connectivity index (χ1n) is 6.59. The number of benzene rings is 1. The summed E-state index contributed by atoms with van der Waals surface area (Å²) in [6.07, 6.45) is 3.66. The Hall–Kier alpha value is -1.51. The molecule has 0 aliphatic heterocycles. The highest BCUT2D eigenvalue weighted by atomic mass is 79.9. The minimum Gasteiger partial charge on any atom is -0.475 e. The highest BCUT2D eigenvalue weighted by Crippen LogP contribution is 2.31. The standard InChI is InChI=1S/C17H17BrO3S/c1-17(2,3)10-5-4-6-11-22-15-12(14(19)16(20)21)8-7-9-13(15)18/h4,6-9H,11H2,1-3H3,(H,20,21)/b6-4+. The molecule has 0 fully saturated rings. The van der Waals surface area contributed by atoms with Crippen LogP contribution in [-0.2, 0) is 4.79 Å². The molecule has 3 nitrogen and oxygen atoms in total. The quantitative estimate of drug-likeness (QED) is 0.355. The molecule has 1 N–H and O–H groups in total. The third-order valence-electron chi connectivity index (χ3n) is 2.38. The van der Waals surface area contributed by atoms with Gasteiger partial charge in [0.15, 0.2) is 0 Å². The van der Waals surface area contributed by atoms with E-state index < -0.39 is 11.8 Å². The first kappa shape index (κ1) is 18.5. The van der Waals surface area contributed by atoms with E-state index in [1.165, 1.54) is 17.8 Å². The van der Waals surface area contributed by atoms with Gasteiger partial charge in [-0.3, -0.25) is 4.79 Å². The zero-order valence-electron chi connectivity index (χ0n) is 12.6. The molecule has 1 aromatic carbocycles. The Morgan fingerprint density at radius 3 is 2.64 bits per heavy atom. The van der Waals surface area contributed by atoms with Crippen LogP contribution >= 0.6 is 27.7 Å². The van der Waals surface area contributed by atoms with E-state index in [4.69, 9.17) is 5.11 Å². The number of halogens is 1. The zero-order valence-corrected chi connectivity index (χ0v) is 15.0. The van der Waals surface area contributed by atoms with Crippen molar-refractivity contribution < 1.29 is 14.7 Å². The topological polar surface area (TPSA) is 54.4 Å². The molecule has 5 heteroatoms. The molecule has 1 aromatic rings. The average Bonchev–Trinajstić information content (AvgIpc) is 2.41. The van der Waals surface area contributed by atoms with E-state index in [1.807, 2.05) is 26.8 Å². The van der Waals surface area contributed by atoms with Crippen LogP contribution in [-0.4, -0.2) is 22.6 Å². The summed E-state index contributed by atoms with van der Waals surface area (Å²) in [6.45, 7) is 6.11. The number of carboxylic acids is 1. The molecule has 0 aliphatic carbocycles. The predicted molar refractivity (Wildman–Crippen MR) is 93.2 cm³/mol. The molecule has 0 spiro atoms. The van der Waals surface area contributed by atoms with E-state index in [2.05, 4.69) is 27.8 Å². The van der Waals surface area contributed by atoms with Crippen LogP contribution in [0.25, 0.3) is 0 Å². The minimum atomic E-state index is -1.45. The number of Topliss-reactive ketones (excluding diaryl/α,β-unsaturated/α-hetero) is 1. The molecule has 0 aliphatic rings. The molecule has 1 rings (SSSR count). The van der Waals surface area contributed by atoms with Crippen LogP contribution in [0.4, 0.5) is 0 Å². The van der Waals surface area contributed by atoms with Crippen molar-refractivity contribution in [2.75, 3.05) is 5.75 Å². The normalized spacial score (nSPS) is 11.1. The minimum absolute atomic E-state index is 0.0407. The Morgan fingerprint density at radius 2 is 2.05 bits per heavy atom. The largest absolute Gasteiger partial charge is 0.475 e. The summed E-state index contributed by atoms with van der Waals surface area (Å²) < 4.78 is 0.707. The fourth-order valence-electron chi connectivity index (χ4n) is 1.45. The van der Waals surface area contributed by atoms with Gasteiger partial charge in [0.1, 0.15) is 0 Å². The molecule has 0 bridgehead atoms. The van der Waals surface area contributed by atoms with Crippen molar-refractivity contribution in [3.05, 3.63) is 40.4 Å². The van der Waals surface area contributed by atoms with Crippen molar-refractivity contribution in [1.82, 2.24) is 0 Å². The Bertz CT molecular complexity index is 661. The monoisotopic (exact) mass is 380 g/mol. The Kier molecular flexibility index (Phi) is 6.92. The van der Waals surface area contributed by atoms with Gasteiger partial charge in [-0.15, -0.1) is 11.8 Å². The third-order valence-corrected chi connectivity index (χ3v) is 4.39. The van der Waals surface area contributed by atoms with Gasteiger partial charge in [-0.05, 0) is 54.9 Å². The second-order valence-corrected chi connectivity index (χ2v) is 7.37. The number of carboxylic acid groups (broad SMARTS) is 1. The van der Waals surface area contributed by atoms with E-state index in [9.17, 15) is 9.59 Å². The Morgan fingerprint density at radius 1 is 1.36 bits per heavy atom. The summed E-state index contributed by atoms with van der Waals surface area (Å²) >= 11 is 4.75. The fourth-order valence-corrected chi connectivity index (χ4v) is 3.04. The first-order valence-corrected chi connectivity index (χ1v) is 8.37. The number of thioether (sulfide) groups is 1. The van der Waals surface area contributed by atoms with Crippen molar-refractivity contribution in [1.29, 1.82) is 0 Å². The van der Waals surface area contributed by atoms with E-state index in [0.29, 0.717) is 15.1 Å². The smallest absolute Gasteiger partial charge is 0.377 e. The summed E-state index contributed by atoms with van der Waals surface area (Å²) in [4.78, 5) is 23.2. The lowest BCUT2D eigenvalue weighted by atomic mass is 9.98. The zero-order chi connectivity index (χ0) is 16.8. The molecule has 0 heterocycles. The molecule has 0 saturated heterocycles. The molecular formula is C17H17BrO3S. The number of rotatable bonds is 5. The van der Waals surface area contributed by atoms with Gasteiger partial charge in [-0.1, -0.05) is 24.0 Å². The van der Waals surface area contributed by atoms with Gasteiger partial charge in [0.05, 0.1) is 0 Å². The Labute approximate surface area is 143 Å². The second-order valence-electron chi connectivity index (χ2n) is 5.48. The number of hydrogen-bond donors (Lipinski definition) is 1. The maximum absolute atomic E-state index is 11.7. The van der Waals surface area contributed by atoms with Gasteiger partial charge in [-0.2, -0.15) is 0 Å². The van der Waals surface area contributed by atoms with Crippen molar-refractivity contribution in [2.24, 2.45) is 5.41 Å². The molecule has 0 unspecified atom stereocenters. The number of hydrogen-bond acceptors (Lipinski definition) is 3. The van der Waals surface area contributed by atoms with Crippen molar-refractivity contribution in [3.8, 4) is 11.8 Å². The van der Waals surface area contributed by atoms with Crippen LogP contribution in [0.1, 0.15) is 31.1 Å². The molecular weight excluding hydrogens is 364 g/mol. The van der Waals surface area contributed by atoms with E-state index in [1.54, 1.807) is 18.2 Å². The lowest BCUT2D eigenvalue weighted by Crippen LogP contribution is -2.13. The summed E-state index contributed by atoms with van der Waals surface area (Å²) in [6, 6.07) is 4.95. The average molecular weight is 381 g/mol. The molecule has 0 amide bonds. The lowest BCUT2D eigenvalue weighted by Gasteiger charge is -2.07. The highest BCUT2D eigenvalue weighted by molar-refractivity contribution is 9.10. The first-order chi connectivity index (χ1) is 10.2. The third kappa shape index (κ3) is 6.08. The maximum Gasteiger partial charge on any atom is 0.377 e. The van der Waals surface area contributed by atoms with Gasteiger partial charge >= 0.3 is 5.97 Å². The van der Waals surface area contributed by atoms with E-state index in [0.717, 1.165) is 0 Å². The summed E-state index contributed by atoms with van der Waals surface area (Å²) in [5.74, 6) is 4.30. The molecule has 22 heavy (non-hydrogen) atoms. The van der Waals surface area contributed by atoms with Gasteiger partial charge in [-0.25, -0.2) is 4.79 Å². The number of carbonyl (C=O) groups is 2. The summed E-state index contributed by atoms with van der Waals surface area (Å²) in [5.41, 5.74) is 0.155. The maximum atomic E-state index is 11.7. The number of allylic oxidation sites excluding steroid dienone is 1. The van der Waals surface area contributed by atoms with Gasteiger partial charge in [0.2, 0.25) is 0 Å². The van der Waals surface area contributed by atoms with Crippen LogP contribution in [0.2, 0.25) is 0 Å². The van der Waals surface area contributed by atoms with E-state index in [-0.39, 0.29) is 11.0 Å². The lowest BCUT2D eigenvalue weighted by molar-refractivity contribution is -0.131. The Balaban J connectivity index is 2.82. The second kappa shape index (κ2) is 8.21. The van der Waals surface area contributed by atoms with Crippen LogP contribution < -0.4 is 0 Å². The van der Waals surface area contributed by atoms with Crippen LogP contribution in [0.5, 0.6) is 0 Å². The molecule has 116 valence electrons. The molecule has 0 radical (unpaired) electrons. The number of aliphatic carboxylic acids is 1. The van der Waals surface area contributed by atoms with E-state index >= 15 is 0 Å². The van der Waals surface area contributed by atoms with Crippen molar-refractivity contribution in [3.63, 3.8) is 0 Å². The molecule has 0 saturated carbocycles. The van der Waals surface area contributed by atoms with Gasteiger partial charge in [0.25, 0.3) is 5.78 Å².